The van der Waals surface area contributed by atoms with Crippen LogP contribution >= 0.6 is 0 Å². The first-order chi connectivity index (χ1) is 8.84. The zero-order valence-corrected chi connectivity index (χ0v) is 9.33. The first kappa shape index (κ1) is 10.5. The van der Waals surface area contributed by atoms with Gasteiger partial charge < -0.3 is 9.73 Å². The molecule has 0 atom stereocenters. The van der Waals surface area contributed by atoms with Crippen LogP contribution in [0.1, 0.15) is 11.3 Å². The molecule has 0 radical (unpaired) electrons. The van der Waals surface area contributed by atoms with E-state index in [1.54, 1.807) is 18.4 Å². The number of carbonyl (C=O) groups is 1. The highest BCUT2D eigenvalue weighted by Gasteiger charge is 2.25. The van der Waals surface area contributed by atoms with Crippen LogP contribution in [0, 0.1) is 0 Å². The molecule has 0 bridgehead atoms. The Morgan fingerprint density at radius 1 is 1.17 bits per heavy atom. The Balaban J connectivity index is 1.90. The van der Waals surface area contributed by atoms with Crippen LogP contribution in [0.15, 0.2) is 57.3 Å². The normalized spacial score (nSPS) is 16.2. The summed E-state index contributed by atoms with van der Waals surface area (Å²) in [5.74, 6) is 0.346. The van der Waals surface area contributed by atoms with E-state index in [2.05, 4.69) is 15.5 Å². The number of carbonyl (C=O) groups excluding carboxylic acids is 1. The zero-order valence-electron chi connectivity index (χ0n) is 9.33. The molecule has 88 valence electrons. The quantitative estimate of drug-likeness (QED) is 0.643. The van der Waals surface area contributed by atoms with Crippen molar-refractivity contribution in [1.29, 1.82) is 0 Å². The number of nitrogens with one attached hydrogen (secondary N) is 1. The van der Waals surface area contributed by atoms with Gasteiger partial charge in [0.15, 0.2) is 5.71 Å². The van der Waals surface area contributed by atoms with Gasteiger partial charge in [-0.3, -0.25) is 4.79 Å². The minimum absolute atomic E-state index is 0.243. The first-order valence-electron chi connectivity index (χ1n) is 5.40. The largest absolute Gasteiger partial charge is 0.463 e. The molecule has 5 nitrogen and oxygen atoms in total. The molecule has 1 amide bonds. The van der Waals surface area contributed by atoms with Crippen LogP contribution in [0.4, 0.5) is 5.69 Å². The molecule has 5 heteroatoms. The fourth-order valence-electron chi connectivity index (χ4n) is 1.71. The summed E-state index contributed by atoms with van der Waals surface area (Å²) in [6.45, 7) is 0. The Kier molecular flexibility index (Phi) is 2.49. The van der Waals surface area contributed by atoms with Gasteiger partial charge in [-0.1, -0.05) is 18.2 Å². The third-order valence-electron chi connectivity index (χ3n) is 2.53. The third kappa shape index (κ3) is 1.82. The van der Waals surface area contributed by atoms with Crippen molar-refractivity contribution in [3.8, 4) is 0 Å². The van der Waals surface area contributed by atoms with E-state index < -0.39 is 0 Å². The van der Waals surface area contributed by atoms with Gasteiger partial charge in [-0.15, -0.1) is 5.10 Å². The summed E-state index contributed by atoms with van der Waals surface area (Å²) in [5, 5.41) is 10.5. The highest BCUT2D eigenvalue weighted by atomic mass is 16.3. The van der Waals surface area contributed by atoms with Crippen LogP contribution < -0.4 is 5.32 Å². The lowest BCUT2D eigenvalue weighted by Crippen LogP contribution is -2.13. The maximum Gasteiger partial charge on any atom is 0.276 e. The average Bonchev–Trinajstić information content (AvgIpc) is 2.98. The van der Waals surface area contributed by atoms with Gasteiger partial charge in [0.05, 0.1) is 18.2 Å². The lowest BCUT2D eigenvalue weighted by Gasteiger charge is -1.93. The van der Waals surface area contributed by atoms with Crippen molar-refractivity contribution in [1.82, 2.24) is 0 Å². The Bertz CT molecular complexity index is 642. The van der Waals surface area contributed by atoms with E-state index in [0.29, 0.717) is 11.5 Å². The van der Waals surface area contributed by atoms with E-state index >= 15 is 0 Å². The Hall–Kier alpha value is -2.69. The van der Waals surface area contributed by atoms with Crippen LogP contribution in [0.3, 0.4) is 0 Å². The average molecular weight is 239 g/mol. The number of nitrogens with zero attached hydrogens (tertiary/aromatic N) is 2. The Labute approximate surface area is 103 Å². The summed E-state index contributed by atoms with van der Waals surface area (Å²) in [5.41, 5.74) is 1.84. The minimum Gasteiger partial charge on any atom is -0.463 e. The van der Waals surface area contributed by atoms with Crippen molar-refractivity contribution >= 4 is 23.5 Å². The smallest absolute Gasteiger partial charge is 0.276 e. The van der Waals surface area contributed by atoms with E-state index in [4.69, 9.17) is 4.42 Å². The maximum atomic E-state index is 11.7. The SMILES string of the molecule is O=C1Nc2ccccc2C1=NN=Cc1ccco1. The summed E-state index contributed by atoms with van der Waals surface area (Å²) in [6.07, 6.45) is 3.01. The molecule has 1 aliphatic rings. The van der Waals surface area contributed by atoms with E-state index in [0.717, 1.165) is 11.3 Å². The number of furan rings is 1. The number of rotatable bonds is 2. The molecular weight excluding hydrogens is 230 g/mol. The molecule has 18 heavy (non-hydrogen) atoms. The standard InChI is InChI=1S/C13H9N3O2/c17-13-12(10-5-1-2-6-11(10)15-13)16-14-8-9-4-3-7-18-9/h1-8H,(H,15,16,17). The first-order valence-corrected chi connectivity index (χ1v) is 5.40. The molecule has 3 rings (SSSR count). The zero-order chi connectivity index (χ0) is 12.4. The molecular formula is C13H9N3O2. The van der Waals surface area contributed by atoms with Crippen LogP contribution in [0.5, 0.6) is 0 Å². The van der Waals surface area contributed by atoms with Gasteiger partial charge in [0.25, 0.3) is 5.91 Å². The predicted molar refractivity (Wildman–Crippen MR) is 67.9 cm³/mol. The molecule has 2 aromatic rings. The molecule has 1 aromatic carbocycles. The van der Waals surface area contributed by atoms with Gasteiger partial charge in [-0.2, -0.15) is 5.10 Å². The van der Waals surface area contributed by atoms with Crippen molar-refractivity contribution in [3.05, 3.63) is 54.0 Å². The van der Waals surface area contributed by atoms with Gasteiger partial charge in [0.1, 0.15) is 5.76 Å². The van der Waals surface area contributed by atoms with Gasteiger partial charge >= 0.3 is 0 Å². The number of benzene rings is 1. The monoisotopic (exact) mass is 239 g/mol. The van der Waals surface area contributed by atoms with Crippen LogP contribution in [-0.4, -0.2) is 17.8 Å². The second kappa shape index (κ2) is 4.29. The molecule has 1 aliphatic heterocycles. The highest BCUT2D eigenvalue weighted by Crippen LogP contribution is 2.22. The highest BCUT2D eigenvalue weighted by molar-refractivity contribution is 6.53. The molecule has 0 saturated carbocycles. The molecule has 0 unspecified atom stereocenters. The van der Waals surface area contributed by atoms with Crippen molar-refractivity contribution in [3.63, 3.8) is 0 Å². The number of para-hydroxylation sites is 1. The van der Waals surface area contributed by atoms with Crippen LogP contribution in [-0.2, 0) is 4.79 Å². The van der Waals surface area contributed by atoms with Gasteiger partial charge in [-0.05, 0) is 18.2 Å². The molecule has 0 spiro atoms. The van der Waals surface area contributed by atoms with Gasteiger partial charge in [-0.25, -0.2) is 0 Å². The number of anilines is 1. The van der Waals surface area contributed by atoms with E-state index in [1.807, 2.05) is 24.3 Å². The summed E-state index contributed by atoms with van der Waals surface area (Å²) >= 11 is 0. The molecule has 0 aliphatic carbocycles. The molecule has 0 fully saturated rings. The van der Waals surface area contributed by atoms with Gasteiger partial charge in [0, 0.05) is 5.56 Å². The predicted octanol–water partition coefficient (Wildman–Crippen LogP) is 2.05. The molecule has 2 heterocycles. The second-order valence-corrected chi connectivity index (χ2v) is 3.71. The Morgan fingerprint density at radius 2 is 2.06 bits per heavy atom. The second-order valence-electron chi connectivity index (χ2n) is 3.71. The summed E-state index contributed by atoms with van der Waals surface area (Å²) < 4.78 is 5.08. The van der Waals surface area contributed by atoms with Crippen molar-refractivity contribution in [2.75, 3.05) is 5.32 Å². The lowest BCUT2D eigenvalue weighted by atomic mass is 10.1. The Morgan fingerprint density at radius 3 is 2.89 bits per heavy atom. The van der Waals surface area contributed by atoms with E-state index in [1.165, 1.54) is 6.21 Å². The summed E-state index contributed by atoms with van der Waals surface area (Å²) in [6, 6.07) is 10.9. The number of hydrogen-bond acceptors (Lipinski definition) is 4. The topological polar surface area (TPSA) is 67.0 Å². The van der Waals surface area contributed by atoms with Crippen molar-refractivity contribution in [2.24, 2.45) is 10.2 Å². The fraction of sp³-hybridized carbons (Fsp3) is 0. The summed E-state index contributed by atoms with van der Waals surface area (Å²) in [4.78, 5) is 11.7. The maximum absolute atomic E-state index is 11.7. The van der Waals surface area contributed by atoms with Crippen LogP contribution in [0.2, 0.25) is 0 Å². The van der Waals surface area contributed by atoms with Crippen molar-refractivity contribution < 1.29 is 9.21 Å². The van der Waals surface area contributed by atoms with Crippen molar-refractivity contribution in [2.45, 2.75) is 0 Å². The molecule has 1 aromatic heterocycles. The van der Waals surface area contributed by atoms with E-state index in [9.17, 15) is 4.79 Å². The lowest BCUT2D eigenvalue weighted by molar-refractivity contribution is -0.110. The fourth-order valence-corrected chi connectivity index (χ4v) is 1.71. The van der Waals surface area contributed by atoms with Gasteiger partial charge in [0.2, 0.25) is 0 Å². The molecule has 0 saturated heterocycles. The number of hydrogen-bond donors (Lipinski definition) is 1. The molecule has 1 N–H and O–H groups in total. The number of fused-ring (bicyclic) bond motifs is 1. The minimum atomic E-state index is -0.243. The van der Waals surface area contributed by atoms with Crippen LogP contribution in [0.25, 0.3) is 0 Å². The van der Waals surface area contributed by atoms with E-state index in [-0.39, 0.29) is 5.91 Å². The summed E-state index contributed by atoms with van der Waals surface area (Å²) in [7, 11) is 0. The third-order valence-corrected chi connectivity index (χ3v) is 2.53. The number of amides is 1.